The number of sulfonamides is 1. The van der Waals surface area contributed by atoms with Crippen LogP contribution in [0, 0.1) is 11.7 Å². The van der Waals surface area contributed by atoms with Crippen molar-refractivity contribution >= 4 is 21.6 Å². The van der Waals surface area contributed by atoms with E-state index in [1.165, 1.54) is 12.1 Å². The number of halogens is 1. The van der Waals surface area contributed by atoms with Crippen molar-refractivity contribution in [2.24, 2.45) is 5.92 Å². The SMILES string of the molecule is C[C@H](CO)N1C[C@H](C)[C@H](CN(C)C)Oc2ccc(NS(=O)(=O)c3ccc(F)cc3)cc2C1=O. The molecule has 3 rings (SSSR count). The number of carbonyl (C=O) groups excluding carboxylic acids is 1. The van der Waals surface area contributed by atoms with Crippen molar-refractivity contribution in [1.82, 2.24) is 9.80 Å². The first kappa shape index (κ1) is 24.9. The van der Waals surface area contributed by atoms with Crippen molar-refractivity contribution < 1.29 is 27.4 Å². The Morgan fingerprint density at radius 2 is 1.91 bits per heavy atom. The number of hydrogen-bond acceptors (Lipinski definition) is 6. The van der Waals surface area contributed by atoms with Crippen LogP contribution >= 0.6 is 0 Å². The molecule has 0 saturated heterocycles. The molecule has 3 atom stereocenters. The summed E-state index contributed by atoms with van der Waals surface area (Å²) in [6.45, 7) is 4.55. The first-order valence-corrected chi connectivity index (χ1v) is 12.2. The van der Waals surface area contributed by atoms with E-state index in [0.29, 0.717) is 18.8 Å². The number of benzene rings is 2. The molecule has 0 saturated carbocycles. The van der Waals surface area contributed by atoms with E-state index < -0.39 is 21.9 Å². The Kier molecular flexibility index (Phi) is 7.61. The normalized spacial score (nSPS) is 20.0. The van der Waals surface area contributed by atoms with Crippen LogP contribution in [0.15, 0.2) is 47.4 Å². The number of carbonyl (C=O) groups is 1. The van der Waals surface area contributed by atoms with Gasteiger partial charge in [-0.2, -0.15) is 0 Å². The Labute approximate surface area is 194 Å². The largest absolute Gasteiger partial charge is 0.488 e. The van der Waals surface area contributed by atoms with Crippen molar-refractivity contribution in [3.8, 4) is 5.75 Å². The van der Waals surface area contributed by atoms with Crippen LogP contribution in [-0.4, -0.2) is 75.2 Å². The third-order valence-corrected chi connectivity index (χ3v) is 6.98. The molecule has 0 unspecified atom stereocenters. The number of likely N-dealkylation sites (N-methyl/N-ethyl adjacent to an activating group) is 1. The second-order valence-electron chi connectivity index (χ2n) is 8.66. The number of rotatable bonds is 7. The highest BCUT2D eigenvalue weighted by Gasteiger charge is 2.33. The number of ether oxygens (including phenoxy) is 1. The van der Waals surface area contributed by atoms with E-state index in [1.54, 1.807) is 17.9 Å². The Hall–Kier alpha value is -2.69. The molecule has 0 aromatic heterocycles. The fourth-order valence-electron chi connectivity index (χ4n) is 3.69. The average molecular weight is 480 g/mol. The Balaban J connectivity index is 2.00. The van der Waals surface area contributed by atoms with E-state index in [-0.39, 0.29) is 40.7 Å². The van der Waals surface area contributed by atoms with Gasteiger partial charge in [0.1, 0.15) is 17.7 Å². The van der Waals surface area contributed by atoms with Gasteiger partial charge in [-0.25, -0.2) is 12.8 Å². The van der Waals surface area contributed by atoms with E-state index >= 15 is 0 Å². The van der Waals surface area contributed by atoms with Gasteiger partial charge in [0.05, 0.1) is 23.1 Å². The molecule has 0 fully saturated rings. The lowest BCUT2D eigenvalue weighted by Gasteiger charge is -2.37. The molecule has 8 nitrogen and oxygen atoms in total. The summed E-state index contributed by atoms with van der Waals surface area (Å²) >= 11 is 0. The Bertz CT molecular complexity index is 1090. The van der Waals surface area contributed by atoms with Gasteiger partial charge in [-0.1, -0.05) is 6.92 Å². The van der Waals surface area contributed by atoms with Gasteiger partial charge in [-0.15, -0.1) is 0 Å². The highest BCUT2D eigenvalue weighted by Crippen LogP contribution is 2.31. The average Bonchev–Trinajstić information content (AvgIpc) is 2.76. The summed E-state index contributed by atoms with van der Waals surface area (Å²) in [7, 11) is -0.124. The number of aliphatic hydroxyl groups excluding tert-OH is 1. The molecule has 33 heavy (non-hydrogen) atoms. The van der Waals surface area contributed by atoms with Crippen LogP contribution in [0.1, 0.15) is 24.2 Å². The van der Waals surface area contributed by atoms with Gasteiger partial charge in [0.25, 0.3) is 15.9 Å². The highest BCUT2D eigenvalue weighted by molar-refractivity contribution is 7.92. The molecular weight excluding hydrogens is 449 g/mol. The quantitative estimate of drug-likeness (QED) is 0.633. The van der Waals surface area contributed by atoms with Crippen molar-refractivity contribution in [1.29, 1.82) is 0 Å². The Morgan fingerprint density at radius 3 is 2.52 bits per heavy atom. The van der Waals surface area contributed by atoms with Gasteiger partial charge in [0.15, 0.2) is 0 Å². The number of anilines is 1. The number of fused-ring (bicyclic) bond motifs is 1. The molecule has 0 spiro atoms. The smallest absolute Gasteiger partial charge is 0.261 e. The lowest BCUT2D eigenvalue weighted by Crippen LogP contribution is -2.49. The predicted molar refractivity (Wildman–Crippen MR) is 123 cm³/mol. The zero-order chi connectivity index (χ0) is 24.3. The van der Waals surface area contributed by atoms with Crippen LogP contribution in [0.2, 0.25) is 0 Å². The molecule has 0 aliphatic carbocycles. The summed E-state index contributed by atoms with van der Waals surface area (Å²) in [5.41, 5.74) is 0.370. The van der Waals surface area contributed by atoms with Crippen molar-refractivity contribution in [3.63, 3.8) is 0 Å². The summed E-state index contributed by atoms with van der Waals surface area (Å²) < 4.78 is 47.3. The fourth-order valence-corrected chi connectivity index (χ4v) is 4.74. The number of hydrogen-bond donors (Lipinski definition) is 2. The first-order valence-electron chi connectivity index (χ1n) is 10.7. The maximum atomic E-state index is 13.4. The number of aliphatic hydroxyl groups is 1. The van der Waals surface area contributed by atoms with Gasteiger partial charge in [-0.05, 0) is 63.5 Å². The number of nitrogens with one attached hydrogen (secondary N) is 1. The molecule has 1 aliphatic rings. The molecule has 2 aromatic carbocycles. The molecule has 0 radical (unpaired) electrons. The van der Waals surface area contributed by atoms with Crippen LogP contribution in [0.25, 0.3) is 0 Å². The van der Waals surface area contributed by atoms with Crippen molar-refractivity contribution in [2.75, 3.05) is 38.5 Å². The third kappa shape index (κ3) is 5.82. The van der Waals surface area contributed by atoms with Gasteiger partial charge < -0.3 is 19.6 Å². The van der Waals surface area contributed by atoms with Crippen LogP contribution in [0.5, 0.6) is 5.75 Å². The maximum Gasteiger partial charge on any atom is 0.261 e. The Morgan fingerprint density at radius 1 is 1.24 bits per heavy atom. The molecule has 180 valence electrons. The standard InChI is InChI=1S/C23H30FN3O5S/c1-15-12-27(16(2)14-28)23(29)20-11-18(7-10-21(20)32-22(15)13-26(3)4)25-33(30,31)19-8-5-17(24)6-9-19/h5-11,15-16,22,25,28H,12-14H2,1-4H3/t15-,16+,22-/m0/s1. The summed E-state index contributed by atoms with van der Waals surface area (Å²) in [4.78, 5) is 16.9. The summed E-state index contributed by atoms with van der Waals surface area (Å²) in [5, 5.41) is 9.71. The molecule has 1 aliphatic heterocycles. The summed E-state index contributed by atoms with van der Waals surface area (Å²) in [6, 6.07) is 8.54. The van der Waals surface area contributed by atoms with Crippen LogP contribution in [0.4, 0.5) is 10.1 Å². The number of nitrogens with zero attached hydrogens (tertiary/aromatic N) is 2. The molecule has 0 bridgehead atoms. The third-order valence-electron chi connectivity index (χ3n) is 5.59. The van der Waals surface area contributed by atoms with Gasteiger partial charge in [0.2, 0.25) is 0 Å². The lowest BCUT2D eigenvalue weighted by molar-refractivity contribution is 0.0363. The molecule has 1 amide bonds. The topological polar surface area (TPSA) is 99.2 Å². The van der Waals surface area contributed by atoms with E-state index in [2.05, 4.69) is 4.72 Å². The molecular formula is C23H30FN3O5S. The van der Waals surface area contributed by atoms with E-state index in [0.717, 1.165) is 24.3 Å². The molecule has 1 heterocycles. The van der Waals surface area contributed by atoms with E-state index in [4.69, 9.17) is 4.74 Å². The van der Waals surface area contributed by atoms with Crippen molar-refractivity contribution in [3.05, 3.63) is 53.8 Å². The van der Waals surface area contributed by atoms with Crippen LogP contribution in [-0.2, 0) is 10.0 Å². The van der Waals surface area contributed by atoms with Crippen molar-refractivity contribution in [2.45, 2.75) is 30.9 Å². The predicted octanol–water partition coefficient (Wildman–Crippen LogP) is 2.41. The second kappa shape index (κ2) is 10.1. The first-order chi connectivity index (χ1) is 15.5. The molecule has 2 aromatic rings. The van der Waals surface area contributed by atoms with Crippen LogP contribution < -0.4 is 9.46 Å². The zero-order valence-electron chi connectivity index (χ0n) is 19.2. The summed E-state index contributed by atoms with van der Waals surface area (Å²) in [6.07, 6.45) is -0.220. The maximum absolute atomic E-state index is 13.4. The minimum atomic E-state index is -3.99. The van der Waals surface area contributed by atoms with Gasteiger partial charge in [0, 0.05) is 24.7 Å². The van der Waals surface area contributed by atoms with E-state index in [9.17, 15) is 22.7 Å². The minimum absolute atomic E-state index is 0.00449. The second-order valence-corrected chi connectivity index (χ2v) is 10.3. The number of amides is 1. The molecule has 2 N–H and O–H groups in total. The van der Waals surface area contributed by atoms with Gasteiger partial charge in [-0.3, -0.25) is 9.52 Å². The monoisotopic (exact) mass is 479 g/mol. The van der Waals surface area contributed by atoms with E-state index in [1.807, 2.05) is 25.9 Å². The van der Waals surface area contributed by atoms with Crippen LogP contribution in [0.3, 0.4) is 0 Å². The van der Waals surface area contributed by atoms with Gasteiger partial charge >= 0.3 is 0 Å². The zero-order valence-corrected chi connectivity index (χ0v) is 20.0. The lowest BCUT2D eigenvalue weighted by atomic mass is 9.99. The molecule has 10 heteroatoms. The minimum Gasteiger partial charge on any atom is -0.488 e. The summed E-state index contributed by atoms with van der Waals surface area (Å²) in [5.74, 6) is -0.560. The fraction of sp³-hybridized carbons (Fsp3) is 0.435. The highest BCUT2D eigenvalue weighted by atomic mass is 32.2.